The summed E-state index contributed by atoms with van der Waals surface area (Å²) in [4.78, 5) is 15.6. The second kappa shape index (κ2) is 5.34. The minimum absolute atomic E-state index is 0.0518. The number of fused-ring (bicyclic) bond motifs is 1. The lowest BCUT2D eigenvalue weighted by molar-refractivity contribution is 0.0944. The number of hydrogen-bond donors (Lipinski definition) is 1. The first-order valence-corrected chi connectivity index (χ1v) is 6.86. The Kier molecular flexibility index (Phi) is 3.36. The molecule has 2 aromatic heterocycles. The Morgan fingerprint density at radius 3 is 2.82 bits per heavy atom. The van der Waals surface area contributed by atoms with Crippen molar-refractivity contribution in [3.63, 3.8) is 0 Å². The molecule has 0 atom stereocenters. The molecular weight excluding hydrogens is 276 g/mol. The number of para-hydroxylation sites is 1. The summed E-state index contributed by atoms with van der Waals surface area (Å²) in [6, 6.07) is 11.5. The van der Waals surface area contributed by atoms with Crippen LogP contribution in [0.3, 0.4) is 0 Å². The molecule has 0 spiro atoms. The Bertz CT molecular complexity index is 937. The van der Waals surface area contributed by atoms with Gasteiger partial charge >= 0.3 is 0 Å². The lowest BCUT2D eigenvalue weighted by Crippen LogP contribution is -2.15. The predicted octanol–water partition coefficient (Wildman–Crippen LogP) is 3.23. The fraction of sp³-hybridized carbons (Fsp3) is 0.118. The summed E-state index contributed by atoms with van der Waals surface area (Å²) in [6.45, 7) is 3.60. The monoisotopic (exact) mass is 290 g/mol. The second-order valence-corrected chi connectivity index (χ2v) is 5.10. The van der Waals surface area contributed by atoms with Gasteiger partial charge < -0.3 is 4.98 Å². The average Bonchev–Trinajstić information content (AvgIpc) is 3.07. The van der Waals surface area contributed by atoms with Crippen LogP contribution in [0.15, 0.2) is 42.1 Å². The van der Waals surface area contributed by atoms with Crippen LogP contribution in [-0.4, -0.2) is 20.7 Å². The maximum atomic E-state index is 12.5. The molecule has 1 aromatic carbocycles. The fourth-order valence-electron chi connectivity index (χ4n) is 2.46. The van der Waals surface area contributed by atoms with Crippen LogP contribution in [-0.2, 0) is 0 Å². The van der Waals surface area contributed by atoms with E-state index in [2.05, 4.69) is 10.1 Å². The van der Waals surface area contributed by atoms with Gasteiger partial charge in [-0.05, 0) is 32.1 Å². The number of benzene rings is 1. The number of nitriles is 1. The number of allylic oxidation sites excluding steroid dienone is 1. The first kappa shape index (κ1) is 13.8. The van der Waals surface area contributed by atoms with Crippen molar-refractivity contribution in [2.24, 2.45) is 0 Å². The van der Waals surface area contributed by atoms with E-state index in [1.165, 1.54) is 4.68 Å². The van der Waals surface area contributed by atoms with Crippen molar-refractivity contribution in [3.05, 3.63) is 59.1 Å². The molecule has 0 bridgehead atoms. The molecule has 5 heteroatoms. The van der Waals surface area contributed by atoms with E-state index >= 15 is 0 Å². The Morgan fingerprint density at radius 2 is 2.14 bits per heavy atom. The Balaban J connectivity index is 2.06. The van der Waals surface area contributed by atoms with Gasteiger partial charge in [-0.15, -0.1) is 0 Å². The number of nitrogens with zero attached hydrogens (tertiary/aromatic N) is 3. The summed E-state index contributed by atoms with van der Waals surface area (Å²) in [7, 11) is 0. The molecule has 0 saturated heterocycles. The molecule has 0 radical (unpaired) electrons. The van der Waals surface area contributed by atoms with E-state index in [1.54, 1.807) is 25.3 Å². The predicted molar refractivity (Wildman–Crippen MR) is 84.2 cm³/mol. The van der Waals surface area contributed by atoms with Gasteiger partial charge in [0.2, 0.25) is 0 Å². The van der Waals surface area contributed by atoms with Gasteiger partial charge in [-0.1, -0.05) is 18.2 Å². The first-order valence-electron chi connectivity index (χ1n) is 6.86. The number of hydrogen-bond acceptors (Lipinski definition) is 3. The smallest absolute Gasteiger partial charge is 0.289 e. The van der Waals surface area contributed by atoms with Gasteiger partial charge in [-0.2, -0.15) is 10.4 Å². The van der Waals surface area contributed by atoms with Crippen LogP contribution in [0.4, 0.5) is 0 Å². The molecule has 0 unspecified atom stereocenters. The minimum Gasteiger partial charge on any atom is -0.361 e. The van der Waals surface area contributed by atoms with Crippen LogP contribution in [0.5, 0.6) is 0 Å². The summed E-state index contributed by atoms with van der Waals surface area (Å²) in [5, 5.41) is 14.4. The van der Waals surface area contributed by atoms with Crippen molar-refractivity contribution in [2.45, 2.75) is 13.8 Å². The molecule has 0 amide bonds. The summed E-state index contributed by atoms with van der Waals surface area (Å²) in [6.07, 6.45) is 3.38. The van der Waals surface area contributed by atoms with Crippen molar-refractivity contribution in [1.29, 1.82) is 5.26 Å². The minimum atomic E-state index is -0.418. The van der Waals surface area contributed by atoms with Crippen LogP contribution in [0.25, 0.3) is 17.0 Å². The standard InChI is InChI=1S/C17H14N4O/c1-11-7-12(2)21(20-11)17(22)13(9-18)8-14-10-19-16-6-4-3-5-15(14)16/h3-8,10,19H,1-2H3/b13-8+. The highest BCUT2D eigenvalue weighted by molar-refractivity contribution is 6.05. The molecule has 5 nitrogen and oxygen atoms in total. The number of H-pyrrole nitrogens is 1. The molecule has 1 N–H and O–H groups in total. The molecule has 22 heavy (non-hydrogen) atoms. The van der Waals surface area contributed by atoms with Crippen molar-refractivity contribution < 1.29 is 4.79 Å². The van der Waals surface area contributed by atoms with Gasteiger partial charge in [-0.3, -0.25) is 4.79 Å². The van der Waals surface area contributed by atoms with Gasteiger partial charge in [0, 0.05) is 28.4 Å². The summed E-state index contributed by atoms with van der Waals surface area (Å²) in [5.74, 6) is -0.418. The maximum Gasteiger partial charge on any atom is 0.289 e. The van der Waals surface area contributed by atoms with Crippen LogP contribution in [0.2, 0.25) is 0 Å². The third-order valence-corrected chi connectivity index (χ3v) is 3.47. The van der Waals surface area contributed by atoms with Crippen LogP contribution >= 0.6 is 0 Å². The van der Waals surface area contributed by atoms with E-state index in [0.717, 1.165) is 22.2 Å². The third-order valence-electron chi connectivity index (χ3n) is 3.47. The topological polar surface area (TPSA) is 74.5 Å². The third kappa shape index (κ3) is 2.31. The van der Waals surface area contributed by atoms with E-state index in [0.29, 0.717) is 5.69 Å². The van der Waals surface area contributed by atoms with E-state index in [-0.39, 0.29) is 5.57 Å². The molecule has 0 aliphatic heterocycles. The number of aromatic amines is 1. The van der Waals surface area contributed by atoms with Gasteiger partial charge in [0.25, 0.3) is 5.91 Å². The van der Waals surface area contributed by atoms with Crippen molar-refractivity contribution >= 4 is 22.9 Å². The number of aromatic nitrogens is 3. The lowest BCUT2D eigenvalue weighted by atomic mass is 10.1. The summed E-state index contributed by atoms with van der Waals surface area (Å²) in [5.41, 5.74) is 3.28. The van der Waals surface area contributed by atoms with Gasteiger partial charge in [0.05, 0.1) is 5.69 Å². The van der Waals surface area contributed by atoms with Crippen molar-refractivity contribution in [2.75, 3.05) is 0 Å². The fourth-order valence-corrected chi connectivity index (χ4v) is 2.46. The van der Waals surface area contributed by atoms with Crippen molar-refractivity contribution in [1.82, 2.24) is 14.8 Å². The molecule has 0 aliphatic rings. The van der Waals surface area contributed by atoms with E-state index in [4.69, 9.17) is 0 Å². The van der Waals surface area contributed by atoms with Crippen LogP contribution in [0.1, 0.15) is 21.7 Å². The van der Waals surface area contributed by atoms with E-state index in [9.17, 15) is 10.1 Å². The van der Waals surface area contributed by atoms with Gasteiger partial charge in [0.1, 0.15) is 11.6 Å². The average molecular weight is 290 g/mol. The molecule has 3 aromatic rings. The Hall–Kier alpha value is -3.13. The SMILES string of the molecule is Cc1cc(C)n(C(=O)/C(C#N)=C/c2c[nH]c3ccccc23)n1. The van der Waals surface area contributed by atoms with E-state index in [1.807, 2.05) is 37.3 Å². The molecule has 108 valence electrons. The highest BCUT2D eigenvalue weighted by atomic mass is 16.2. The molecule has 2 heterocycles. The lowest BCUT2D eigenvalue weighted by Gasteiger charge is -2.01. The molecule has 0 aliphatic carbocycles. The molecular formula is C17H14N4O. The zero-order valence-corrected chi connectivity index (χ0v) is 12.3. The van der Waals surface area contributed by atoms with E-state index < -0.39 is 5.91 Å². The van der Waals surface area contributed by atoms with Crippen molar-refractivity contribution in [3.8, 4) is 6.07 Å². The van der Waals surface area contributed by atoms with Gasteiger partial charge in [-0.25, -0.2) is 4.68 Å². The van der Waals surface area contributed by atoms with Crippen LogP contribution < -0.4 is 0 Å². The Labute approximate surface area is 127 Å². The Morgan fingerprint density at radius 1 is 1.36 bits per heavy atom. The van der Waals surface area contributed by atoms with Crippen LogP contribution in [0, 0.1) is 25.2 Å². The number of nitrogens with one attached hydrogen (secondary N) is 1. The summed E-state index contributed by atoms with van der Waals surface area (Å²) >= 11 is 0. The zero-order chi connectivity index (χ0) is 15.7. The molecule has 0 saturated carbocycles. The maximum absolute atomic E-state index is 12.5. The quantitative estimate of drug-likeness (QED) is 0.581. The second-order valence-electron chi connectivity index (χ2n) is 5.10. The summed E-state index contributed by atoms with van der Waals surface area (Å²) < 4.78 is 1.26. The first-order chi connectivity index (χ1) is 10.6. The highest BCUT2D eigenvalue weighted by Crippen LogP contribution is 2.20. The highest BCUT2D eigenvalue weighted by Gasteiger charge is 2.16. The normalized spacial score (nSPS) is 11.6. The molecule has 0 fully saturated rings. The number of rotatable bonds is 2. The number of carbonyl (C=O) groups excluding carboxylic acids is 1. The largest absolute Gasteiger partial charge is 0.361 e. The number of carbonyl (C=O) groups is 1. The molecule has 3 rings (SSSR count). The zero-order valence-electron chi connectivity index (χ0n) is 12.3. The number of aryl methyl sites for hydroxylation is 2. The van der Waals surface area contributed by atoms with Gasteiger partial charge in [0.15, 0.2) is 0 Å².